The summed E-state index contributed by atoms with van der Waals surface area (Å²) >= 11 is 0. The quantitative estimate of drug-likeness (QED) is 0.0568. The maximum Gasteiger partial charge on any atom is 0.220 e. The largest absolute Gasteiger partial charge is 0.394 e. The highest BCUT2D eigenvalue weighted by Gasteiger charge is 2.17. The van der Waals surface area contributed by atoms with E-state index in [1.807, 2.05) is 6.08 Å². The average Bonchev–Trinajstić information content (AvgIpc) is 3.06. The number of aliphatic hydroxyl groups excluding tert-OH is 2. The number of carbonyl (C=O) groups is 1. The van der Waals surface area contributed by atoms with Crippen molar-refractivity contribution < 1.29 is 15.0 Å². The zero-order valence-corrected chi connectivity index (χ0v) is 29.0. The van der Waals surface area contributed by atoms with Gasteiger partial charge in [-0.1, -0.05) is 142 Å². The monoisotopic (exact) mass is 631 g/mol. The van der Waals surface area contributed by atoms with E-state index in [-0.39, 0.29) is 12.5 Å². The lowest BCUT2D eigenvalue weighted by atomic mass is 10.1. The van der Waals surface area contributed by atoms with Gasteiger partial charge in [0, 0.05) is 6.42 Å². The first kappa shape index (κ1) is 42.8. The SMILES string of the molecule is CC/C=C\C/C=C\C/C=C\C/C=C\C/C=C\C/C=C\C/C=C\C/C=C\CCCCC(=O)NC(CO)C(O)/C=C/CC/C=C/CCC. The third-order valence-electron chi connectivity index (χ3n) is 6.91. The summed E-state index contributed by atoms with van der Waals surface area (Å²) in [6, 6.07) is -0.668. The summed E-state index contributed by atoms with van der Waals surface area (Å²) in [6.07, 6.45) is 57.3. The van der Waals surface area contributed by atoms with E-state index in [9.17, 15) is 15.0 Å². The summed E-state index contributed by atoms with van der Waals surface area (Å²) in [6.45, 7) is 4.02. The van der Waals surface area contributed by atoms with Crippen LogP contribution in [0.15, 0.2) is 122 Å². The van der Waals surface area contributed by atoms with E-state index in [1.54, 1.807) is 6.08 Å². The van der Waals surface area contributed by atoms with Gasteiger partial charge in [0.25, 0.3) is 0 Å². The molecule has 0 rings (SSSR count). The fourth-order valence-electron chi connectivity index (χ4n) is 4.21. The molecule has 256 valence electrons. The molecule has 0 aromatic heterocycles. The average molecular weight is 632 g/mol. The van der Waals surface area contributed by atoms with Crippen molar-refractivity contribution in [3.05, 3.63) is 122 Å². The van der Waals surface area contributed by atoms with Gasteiger partial charge in [0.15, 0.2) is 0 Å². The van der Waals surface area contributed by atoms with E-state index >= 15 is 0 Å². The van der Waals surface area contributed by atoms with Crippen LogP contribution in [0.25, 0.3) is 0 Å². The lowest BCUT2D eigenvalue weighted by molar-refractivity contribution is -0.123. The Balaban J connectivity index is 3.80. The third-order valence-corrected chi connectivity index (χ3v) is 6.91. The van der Waals surface area contributed by atoms with Crippen molar-refractivity contribution in [1.29, 1.82) is 0 Å². The molecule has 4 heteroatoms. The number of aliphatic hydroxyl groups is 2. The van der Waals surface area contributed by atoms with Crippen molar-refractivity contribution in [2.45, 2.75) is 129 Å². The molecular weight excluding hydrogens is 566 g/mol. The van der Waals surface area contributed by atoms with E-state index in [0.29, 0.717) is 6.42 Å². The molecule has 0 aliphatic rings. The van der Waals surface area contributed by atoms with Gasteiger partial charge in [-0.3, -0.25) is 4.79 Å². The number of carbonyl (C=O) groups excluding carboxylic acids is 1. The first-order valence-electron chi connectivity index (χ1n) is 17.7. The van der Waals surface area contributed by atoms with Crippen LogP contribution in [0.5, 0.6) is 0 Å². The molecule has 0 heterocycles. The molecule has 1 amide bonds. The molecule has 0 bridgehead atoms. The highest BCUT2D eigenvalue weighted by atomic mass is 16.3. The van der Waals surface area contributed by atoms with Gasteiger partial charge in [0.05, 0.1) is 18.8 Å². The minimum absolute atomic E-state index is 0.129. The van der Waals surface area contributed by atoms with Crippen LogP contribution in [0, 0.1) is 0 Å². The highest BCUT2D eigenvalue weighted by Crippen LogP contribution is 2.05. The molecule has 3 N–H and O–H groups in total. The molecule has 2 unspecified atom stereocenters. The molecule has 2 atom stereocenters. The van der Waals surface area contributed by atoms with E-state index in [2.05, 4.69) is 129 Å². The number of rotatable bonds is 29. The number of unbranched alkanes of at least 4 members (excludes halogenated alkanes) is 4. The van der Waals surface area contributed by atoms with Gasteiger partial charge in [-0.15, -0.1) is 0 Å². The normalized spacial score (nSPS) is 14.6. The molecule has 0 saturated heterocycles. The number of allylic oxidation sites excluding steroid dienone is 19. The summed E-state index contributed by atoms with van der Waals surface area (Å²) in [4.78, 5) is 12.2. The molecule has 0 spiro atoms. The highest BCUT2D eigenvalue weighted by molar-refractivity contribution is 5.76. The first-order chi connectivity index (χ1) is 22.7. The number of hydrogen-bond acceptors (Lipinski definition) is 3. The Morgan fingerprint density at radius 2 is 0.957 bits per heavy atom. The molecule has 0 aliphatic carbocycles. The zero-order chi connectivity index (χ0) is 33.6. The summed E-state index contributed by atoms with van der Waals surface area (Å²) < 4.78 is 0. The van der Waals surface area contributed by atoms with Gasteiger partial charge < -0.3 is 15.5 Å². The minimum atomic E-state index is -0.885. The smallest absolute Gasteiger partial charge is 0.220 e. The van der Waals surface area contributed by atoms with Gasteiger partial charge in [0.1, 0.15) is 0 Å². The maximum atomic E-state index is 12.2. The molecule has 46 heavy (non-hydrogen) atoms. The standard InChI is InChI=1S/C42H65NO3/c1-3-5-7-9-11-12-13-14-15-16-17-18-19-20-21-22-23-24-25-26-27-28-29-30-32-34-36-38-42(46)43-40(39-44)41(45)37-35-33-31-10-8-6-4-2/h5,7-8,10-12,14-15,17-18,20-21,23-24,26-27,29-30,35,37,40-41,44-45H,3-4,6,9,13,16,19,22,25,28,31-34,36,38-39H2,1-2H3,(H,43,46)/b7-5-,10-8+,12-11-,15-14-,18-17-,21-20-,24-23-,27-26-,30-29-,37-35+. The number of amides is 1. The lowest BCUT2D eigenvalue weighted by Crippen LogP contribution is -2.45. The summed E-state index contributed by atoms with van der Waals surface area (Å²) in [5.41, 5.74) is 0. The molecule has 0 aliphatic heterocycles. The lowest BCUT2D eigenvalue weighted by Gasteiger charge is -2.19. The van der Waals surface area contributed by atoms with Crippen LogP contribution in [0.2, 0.25) is 0 Å². The Morgan fingerprint density at radius 1 is 0.543 bits per heavy atom. The minimum Gasteiger partial charge on any atom is -0.394 e. The Kier molecular flexibility index (Phi) is 33.7. The Morgan fingerprint density at radius 3 is 1.41 bits per heavy atom. The number of nitrogens with one attached hydrogen (secondary N) is 1. The summed E-state index contributed by atoms with van der Waals surface area (Å²) in [7, 11) is 0. The Bertz CT molecular complexity index is 990. The van der Waals surface area contributed by atoms with Crippen molar-refractivity contribution in [2.75, 3.05) is 6.61 Å². The summed E-state index contributed by atoms with van der Waals surface area (Å²) in [5, 5.41) is 22.6. The van der Waals surface area contributed by atoms with Crippen molar-refractivity contribution in [1.82, 2.24) is 5.32 Å². The molecule has 0 radical (unpaired) electrons. The predicted octanol–water partition coefficient (Wildman–Crippen LogP) is 10.7. The van der Waals surface area contributed by atoms with Crippen LogP contribution in [0.4, 0.5) is 0 Å². The second-order valence-electron chi connectivity index (χ2n) is 11.2. The van der Waals surface area contributed by atoms with E-state index in [4.69, 9.17) is 0 Å². The fraction of sp³-hybridized carbons (Fsp3) is 0.500. The van der Waals surface area contributed by atoms with Crippen LogP contribution in [-0.2, 0) is 4.79 Å². The van der Waals surface area contributed by atoms with Gasteiger partial charge in [-0.25, -0.2) is 0 Å². The van der Waals surface area contributed by atoms with Gasteiger partial charge in [0.2, 0.25) is 5.91 Å². The van der Waals surface area contributed by atoms with E-state index in [0.717, 1.165) is 96.3 Å². The first-order valence-corrected chi connectivity index (χ1v) is 17.7. The maximum absolute atomic E-state index is 12.2. The van der Waals surface area contributed by atoms with Gasteiger partial charge in [-0.05, 0) is 89.9 Å². The molecule has 0 fully saturated rings. The van der Waals surface area contributed by atoms with Crippen molar-refractivity contribution in [3.8, 4) is 0 Å². The molecule has 4 nitrogen and oxygen atoms in total. The number of hydrogen-bond donors (Lipinski definition) is 3. The zero-order valence-electron chi connectivity index (χ0n) is 29.0. The van der Waals surface area contributed by atoms with E-state index in [1.165, 1.54) is 0 Å². The Labute approximate surface area is 282 Å². The van der Waals surface area contributed by atoms with Crippen LogP contribution in [0.3, 0.4) is 0 Å². The topological polar surface area (TPSA) is 69.6 Å². The molecule has 0 aromatic carbocycles. The van der Waals surface area contributed by atoms with E-state index < -0.39 is 12.1 Å². The van der Waals surface area contributed by atoms with Crippen molar-refractivity contribution in [3.63, 3.8) is 0 Å². The van der Waals surface area contributed by atoms with Crippen LogP contribution in [0.1, 0.15) is 117 Å². The van der Waals surface area contributed by atoms with Crippen LogP contribution >= 0.6 is 0 Å². The molecular formula is C42H65NO3. The second-order valence-corrected chi connectivity index (χ2v) is 11.2. The van der Waals surface area contributed by atoms with Crippen LogP contribution in [-0.4, -0.2) is 34.9 Å². The van der Waals surface area contributed by atoms with Crippen LogP contribution < -0.4 is 5.32 Å². The van der Waals surface area contributed by atoms with Gasteiger partial charge >= 0.3 is 0 Å². The third kappa shape index (κ3) is 32.2. The molecule has 0 saturated carbocycles. The Hall–Kier alpha value is -3.21. The fourth-order valence-corrected chi connectivity index (χ4v) is 4.21. The summed E-state index contributed by atoms with van der Waals surface area (Å²) in [5.74, 6) is -0.129. The van der Waals surface area contributed by atoms with Crippen molar-refractivity contribution >= 4 is 5.91 Å². The second kappa shape index (κ2) is 36.3. The predicted molar refractivity (Wildman–Crippen MR) is 202 cm³/mol. The van der Waals surface area contributed by atoms with Gasteiger partial charge in [-0.2, -0.15) is 0 Å². The molecule has 0 aromatic rings. The van der Waals surface area contributed by atoms with Crippen molar-refractivity contribution in [2.24, 2.45) is 0 Å².